The van der Waals surface area contributed by atoms with Gasteiger partial charge in [0.25, 0.3) is 10.0 Å². The first kappa shape index (κ1) is 29.5. The van der Waals surface area contributed by atoms with Crippen LogP contribution in [0.5, 0.6) is 11.5 Å². The van der Waals surface area contributed by atoms with Gasteiger partial charge in [-0.2, -0.15) is 0 Å². The van der Waals surface area contributed by atoms with E-state index in [1.807, 2.05) is 38.1 Å². The van der Waals surface area contributed by atoms with Crippen LogP contribution in [0.1, 0.15) is 24.5 Å². The van der Waals surface area contributed by atoms with Crippen LogP contribution in [0.4, 0.5) is 5.69 Å². The molecule has 0 aliphatic rings. The van der Waals surface area contributed by atoms with Gasteiger partial charge in [0, 0.05) is 19.7 Å². The minimum atomic E-state index is -4.18. The van der Waals surface area contributed by atoms with Gasteiger partial charge in [-0.1, -0.05) is 55.0 Å². The van der Waals surface area contributed by atoms with Crippen LogP contribution < -0.4 is 19.1 Å². The highest BCUT2D eigenvalue weighted by Gasteiger charge is 2.33. The monoisotopic (exact) mass is 553 g/mol. The Kier molecular flexibility index (Phi) is 9.95. The van der Waals surface area contributed by atoms with Crippen LogP contribution in [-0.4, -0.2) is 59.0 Å². The van der Waals surface area contributed by atoms with Crippen molar-refractivity contribution in [1.82, 2.24) is 10.2 Å². The van der Waals surface area contributed by atoms with E-state index in [1.54, 1.807) is 30.3 Å². The summed E-state index contributed by atoms with van der Waals surface area (Å²) in [5, 5.41) is 2.62. The van der Waals surface area contributed by atoms with Crippen LogP contribution in [0.2, 0.25) is 0 Å². The highest BCUT2D eigenvalue weighted by Crippen LogP contribution is 2.34. The average molecular weight is 554 g/mol. The molecule has 0 heterocycles. The zero-order chi connectivity index (χ0) is 28.6. The third-order valence-electron chi connectivity index (χ3n) is 6.37. The van der Waals surface area contributed by atoms with Crippen LogP contribution in [0.3, 0.4) is 0 Å². The van der Waals surface area contributed by atoms with Gasteiger partial charge >= 0.3 is 0 Å². The van der Waals surface area contributed by atoms with Crippen molar-refractivity contribution >= 4 is 27.5 Å². The molecule has 0 spiro atoms. The number of likely N-dealkylation sites (N-methyl/N-ethyl adjacent to an activating group) is 1. The molecule has 1 atom stereocenters. The molecule has 0 saturated heterocycles. The van der Waals surface area contributed by atoms with Crippen molar-refractivity contribution in [2.45, 2.75) is 37.8 Å². The fourth-order valence-electron chi connectivity index (χ4n) is 4.20. The van der Waals surface area contributed by atoms with E-state index in [4.69, 9.17) is 9.47 Å². The van der Waals surface area contributed by atoms with Crippen molar-refractivity contribution in [2.24, 2.45) is 0 Å². The van der Waals surface area contributed by atoms with Crippen molar-refractivity contribution in [3.63, 3.8) is 0 Å². The summed E-state index contributed by atoms with van der Waals surface area (Å²) in [5.74, 6) is -0.137. The van der Waals surface area contributed by atoms with E-state index in [1.165, 1.54) is 44.4 Å². The molecule has 208 valence electrons. The summed E-state index contributed by atoms with van der Waals surface area (Å²) >= 11 is 0. The molecule has 0 saturated carbocycles. The number of nitrogens with zero attached hydrogens (tertiary/aromatic N) is 2. The predicted octanol–water partition coefficient (Wildman–Crippen LogP) is 3.76. The predicted molar refractivity (Wildman–Crippen MR) is 150 cm³/mol. The second-order valence-electron chi connectivity index (χ2n) is 8.91. The van der Waals surface area contributed by atoms with Gasteiger partial charge in [0.2, 0.25) is 11.8 Å². The number of carbonyl (C=O) groups is 2. The first-order chi connectivity index (χ1) is 18.7. The Labute approximate surface area is 230 Å². The maximum atomic E-state index is 14.0. The molecule has 0 aliphatic heterocycles. The van der Waals surface area contributed by atoms with E-state index >= 15 is 0 Å². The molecule has 9 nitrogen and oxygen atoms in total. The molecule has 0 unspecified atom stereocenters. The third-order valence-corrected chi connectivity index (χ3v) is 8.16. The number of carbonyl (C=O) groups excluding carboxylic acids is 2. The number of amides is 2. The summed E-state index contributed by atoms with van der Waals surface area (Å²) in [7, 11) is 0.258. The van der Waals surface area contributed by atoms with Crippen molar-refractivity contribution < 1.29 is 27.5 Å². The number of ether oxygens (including phenoxy) is 2. The topological polar surface area (TPSA) is 105 Å². The van der Waals surface area contributed by atoms with Crippen molar-refractivity contribution in [1.29, 1.82) is 0 Å². The van der Waals surface area contributed by atoms with Crippen LogP contribution >= 0.6 is 0 Å². The lowest BCUT2D eigenvalue weighted by molar-refractivity contribution is -0.140. The van der Waals surface area contributed by atoms with E-state index < -0.39 is 28.5 Å². The molecular weight excluding hydrogens is 518 g/mol. The smallest absolute Gasteiger partial charge is 0.264 e. The van der Waals surface area contributed by atoms with Gasteiger partial charge in [-0.15, -0.1) is 0 Å². The Morgan fingerprint density at radius 1 is 0.923 bits per heavy atom. The summed E-state index contributed by atoms with van der Waals surface area (Å²) in [5.41, 5.74) is 2.09. The normalized spacial score (nSPS) is 11.8. The van der Waals surface area contributed by atoms with E-state index in [0.29, 0.717) is 17.9 Å². The van der Waals surface area contributed by atoms with E-state index in [0.717, 1.165) is 15.4 Å². The fourth-order valence-corrected chi connectivity index (χ4v) is 5.63. The van der Waals surface area contributed by atoms with E-state index in [9.17, 15) is 18.0 Å². The van der Waals surface area contributed by atoms with Gasteiger partial charge in [0.05, 0.1) is 24.8 Å². The zero-order valence-electron chi connectivity index (χ0n) is 22.9. The van der Waals surface area contributed by atoms with Gasteiger partial charge in [0.15, 0.2) is 11.5 Å². The molecule has 0 aromatic heterocycles. The van der Waals surface area contributed by atoms with E-state index in [-0.39, 0.29) is 23.0 Å². The standard InChI is InChI=1S/C29H35N3O6S/c1-6-25(29(34)30-3)31(19-22-14-12-21(2)13-15-22)28(33)20-32(39(35,36)24-10-8-7-9-11-24)23-16-17-26(37-4)27(18-23)38-5/h7-18,25H,6,19-20H2,1-5H3,(H,30,34)/t25-/m0/s1. The minimum Gasteiger partial charge on any atom is -0.493 e. The number of rotatable bonds is 12. The van der Waals surface area contributed by atoms with Crippen molar-refractivity contribution in [2.75, 3.05) is 32.1 Å². The molecule has 3 rings (SSSR count). The van der Waals surface area contributed by atoms with Gasteiger partial charge in [-0.25, -0.2) is 8.42 Å². The minimum absolute atomic E-state index is 0.0241. The van der Waals surface area contributed by atoms with Gasteiger partial charge in [-0.05, 0) is 43.2 Å². The largest absolute Gasteiger partial charge is 0.493 e. The number of sulfonamides is 1. The van der Waals surface area contributed by atoms with Crippen molar-refractivity contribution in [3.8, 4) is 11.5 Å². The van der Waals surface area contributed by atoms with Gasteiger partial charge < -0.3 is 19.7 Å². The van der Waals surface area contributed by atoms with Gasteiger partial charge in [-0.3, -0.25) is 13.9 Å². The molecule has 3 aromatic carbocycles. The highest BCUT2D eigenvalue weighted by molar-refractivity contribution is 7.92. The third kappa shape index (κ3) is 6.88. The maximum Gasteiger partial charge on any atom is 0.264 e. The van der Waals surface area contributed by atoms with Crippen LogP contribution in [-0.2, 0) is 26.2 Å². The van der Waals surface area contributed by atoms with Crippen LogP contribution in [0.25, 0.3) is 0 Å². The number of anilines is 1. The molecule has 2 amide bonds. The summed E-state index contributed by atoms with van der Waals surface area (Å²) in [4.78, 5) is 28.2. The Hall–Kier alpha value is -4.05. The number of nitrogens with one attached hydrogen (secondary N) is 1. The quantitative estimate of drug-likeness (QED) is 0.366. The van der Waals surface area contributed by atoms with Crippen LogP contribution in [0.15, 0.2) is 77.7 Å². The van der Waals surface area contributed by atoms with Gasteiger partial charge in [0.1, 0.15) is 12.6 Å². The van der Waals surface area contributed by atoms with Crippen LogP contribution in [0, 0.1) is 6.92 Å². The molecule has 0 aliphatic carbocycles. The Morgan fingerprint density at radius 2 is 1.56 bits per heavy atom. The van der Waals surface area contributed by atoms with E-state index in [2.05, 4.69) is 5.32 Å². The second kappa shape index (κ2) is 13.1. The molecule has 3 aromatic rings. The lowest BCUT2D eigenvalue weighted by Gasteiger charge is -2.33. The summed E-state index contributed by atoms with van der Waals surface area (Å²) in [6, 6.07) is 19.3. The molecule has 39 heavy (non-hydrogen) atoms. The Morgan fingerprint density at radius 3 is 2.13 bits per heavy atom. The number of hydrogen-bond donors (Lipinski definition) is 1. The first-order valence-electron chi connectivity index (χ1n) is 12.5. The lowest BCUT2D eigenvalue weighted by atomic mass is 10.1. The molecule has 0 radical (unpaired) electrons. The SMILES string of the molecule is CC[C@@H](C(=O)NC)N(Cc1ccc(C)cc1)C(=O)CN(c1ccc(OC)c(OC)c1)S(=O)(=O)c1ccccc1. The number of methoxy groups -OCH3 is 2. The molecule has 1 N–H and O–H groups in total. The molecular formula is C29H35N3O6S. The average Bonchev–Trinajstić information content (AvgIpc) is 2.96. The summed E-state index contributed by atoms with van der Waals surface area (Å²) < 4.78 is 39.5. The summed E-state index contributed by atoms with van der Waals surface area (Å²) in [6.45, 7) is 3.37. The lowest BCUT2D eigenvalue weighted by Crippen LogP contribution is -2.51. The number of aryl methyl sites for hydroxylation is 1. The Bertz CT molecular complexity index is 1380. The second-order valence-corrected chi connectivity index (χ2v) is 10.8. The fraction of sp³-hybridized carbons (Fsp3) is 0.310. The maximum absolute atomic E-state index is 14.0. The molecule has 0 bridgehead atoms. The zero-order valence-corrected chi connectivity index (χ0v) is 23.7. The van der Waals surface area contributed by atoms with Crippen molar-refractivity contribution in [3.05, 3.63) is 83.9 Å². The molecule has 0 fully saturated rings. The number of hydrogen-bond acceptors (Lipinski definition) is 6. The summed E-state index contributed by atoms with van der Waals surface area (Å²) in [6.07, 6.45) is 0.346. The Balaban J connectivity index is 2.10. The highest BCUT2D eigenvalue weighted by atomic mass is 32.2. The molecule has 10 heteroatoms. The number of benzene rings is 3. The first-order valence-corrected chi connectivity index (χ1v) is 14.0.